The largest absolute Gasteiger partial charge is 0.441 e. The highest BCUT2D eigenvalue weighted by Gasteiger charge is 2.16. The number of aromatic nitrogens is 3. The zero-order valence-electron chi connectivity index (χ0n) is 13.9. The average Bonchev–Trinajstić information content (AvgIpc) is 3.28. The van der Waals surface area contributed by atoms with Gasteiger partial charge in [-0.15, -0.1) is 16.8 Å². The fourth-order valence-electron chi connectivity index (χ4n) is 2.13. The minimum Gasteiger partial charge on any atom is -0.441 e. The first-order valence-electron chi connectivity index (χ1n) is 7.83. The van der Waals surface area contributed by atoms with Crippen LogP contribution in [0.1, 0.15) is 12.3 Å². The third-order valence-electron chi connectivity index (χ3n) is 3.31. The average molecular weight is 408 g/mol. The number of benzene rings is 1. The van der Waals surface area contributed by atoms with Crippen LogP contribution in [-0.4, -0.2) is 26.8 Å². The lowest BCUT2D eigenvalue weighted by Gasteiger charge is -2.01. The van der Waals surface area contributed by atoms with E-state index in [2.05, 4.69) is 27.1 Å². The molecule has 0 unspecified atom stereocenters. The van der Waals surface area contributed by atoms with Gasteiger partial charge in [0.2, 0.25) is 11.0 Å². The summed E-state index contributed by atoms with van der Waals surface area (Å²) < 4.78 is 33.6. The van der Waals surface area contributed by atoms with Gasteiger partial charge in [-0.2, -0.15) is 0 Å². The molecule has 0 fully saturated rings. The van der Waals surface area contributed by atoms with Crippen LogP contribution in [0.25, 0.3) is 11.3 Å². The number of nitrogens with one attached hydrogen (secondary N) is 1. The number of carbonyl (C=O) groups excluding carboxylic acids is 1. The van der Waals surface area contributed by atoms with Gasteiger partial charge >= 0.3 is 0 Å². The third kappa shape index (κ3) is 4.98. The molecule has 0 radical (unpaired) electrons. The quantitative estimate of drug-likeness (QED) is 0.340. The zero-order chi connectivity index (χ0) is 19.2. The van der Waals surface area contributed by atoms with Crippen molar-refractivity contribution in [2.45, 2.75) is 17.2 Å². The van der Waals surface area contributed by atoms with Gasteiger partial charge in [0, 0.05) is 18.6 Å². The van der Waals surface area contributed by atoms with E-state index >= 15 is 0 Å². The van der Waals surface area contributed by atoms with E-state index in [-0.39, 0.29) is 36.0 Å². The molecule has 10 heteroatoms. The highest BCUT2D eigenvalue weighted by Crippen LogP contribution is 2.27. The lowest BCUT2D eigenvalue weighted by molar-refractivity contribution is -0.116. The second-order valence-electron chi connectivity index (χ2n) is 5.24. The van der Waals surface area contributed by atoms with Gasteiger partial charge in [-0.05, 0) is 12.1 Å². The first kappa shape index (κ1) is 19.2. The van der Waals surface area contributed by atoms with Gasteiger partial charge in [-0.3, -0.25) is 4.79 Å². The molecular weight excluding hydrogens is 394 g/mol. The van der Waals surface area contributed by atoms with Crippen molar-refractivity contribution in [1.82, 2.24) is 15.2 Å². The molecule has 0 bridgehead atoms. The summed E-state index contributed by atoms with van der Waals surface area (Å²) in [6.45, 7) is 3.62. The van der Waals surface area contributed by atoms with Crippen LogP contribution in [0.5, 0.6) is 0 Å². The third-order valence-corrected chi connectivity index (χ3v) is 5.27. The van der Waals surface area contributed by atoms with Gasteiger partial charge < -0.3 is 9.73 Å². The molecule has 2 heterocycles. The van der Waals surface area contributed by atoms with Crippen LogP contribution in [0.3, 0.4) is 0 Å². The standard InChI is InChI=1S/C17H14F2N4O2S2/c1-2-8-26-17-23-22-16(27-17)21-13(24)6-7-14-20-9-12(25-14)15-10(18)4-3-5-11(15)19/h2-5,9H,1,6-8H2,(H,21,22,24). The van der Waals surface area contributed by atoms with E-state index in [1.165, 1.54) is 35.4 Å². The molecule has 1 N–H and O–H groups in total. The Hall–Kier alpha value is -2.59. The molecule has 2 aromatic heterocycles. The Balaban J connectivity index is 1.56. The van der Waals surface area contributed by atoms with E-state index in [1.54, 1.807) is 6.08 Å². The Morgan fingerprint density at radius 2 is 2.11 bits per heavy atom. The summed E-state index contributed by atoms with van der Waals surface area (Å²) in [5.74, 6) is -0.870. The molecule has 0 spiro atoms. The lowest BCUT2D eigenvalue weighted by Crippen LogP contribution is -2.12. The highest BCUT2D eigenvalue weighted by atomic mass is 32.2. The number of anilines is 1. The SMILES string of the molecule is C=CCSc1nnc(NC(=O)CCc2ncc(-c3c(F)cccc3F)o2)s1. The molecule has 0 saturated heterocycles. The molecule has 140 valence electrons. The Morgan fingerprint density at radius 1 is 1.33 bits per heavy atom. The van der Waals surface area contributed by atoms with E-state index in [0.717, 1.165) is 16.5 Å². The molecule has 0 aliphatic carbocycles. The second-order valence-corrected chi connectivity index (χ2v) is 7.48. The van der Waals surface area contributed by atoms with Crippen LogP contribution in [0.15, 0.2) is 45.8 Å². The van der Waals surface area contributed by atoms with Crippen LogP contribution in [0.4, 0.5) is 13.9 Å². The summed E-state index contributed by atoms with van der Waals surface area (Å²) in [7, 11) is 0. The second kappa shape index (κ2) is 8.87. The van der Waals surface area contributed by atoms with Crippen LogP contribution < -0.4 is 5.32 Å². The Labute approximate surface area is 161 Å². The fraction of sp³-hybridized carbons (Fsp3) is 0.176. The van der Waals surface area contributed by atoms with E-state index in [1.807, 2.05) is 0 Å². The Morgan fingerprint density at radius 3 is 2.85 bits per heavy atom. The molecule has 3 rings (SSSR count). The molecule has 1 amide bonds. The smallest absolute Gasteiger partial charge is 0.226 e. The van der Waals surface area contributed by atoms with E-state index in [0.29, 0.717) is 10.9 Å². The number of hydrogen-bond donors (Lipinski definition) is 1. The summed E-state index contributed by atoms with van der Waals surface area (Å²) in [6.07, 6.45) is 3.25. The maximum atomic E-state index is 13.8. The predicted octanol–water partition coefficient (Wildman–Crippen LogP) is 4.32. The number of oxazole rings is 1. The van der Waals surface area contributed by atoms with Crippen molar-refractivity contribution in [3.8, 4) is 11.3 Å². The van der Waals surface area contributed by atoms with Gasteiger partial charge in [0.15, 0.2) is 16.0 Å². The van der Waals surface area contributed by atoms with Crippen molar-refractivity contribution in [3.05, 3.63) is 54.6 Å². The molecule has 1 aromatic carbocycles. The normalized spacial score (nSPS) is 10.7. The van der Waals surface area contributed by atoms with Gasteiger partial charge in [-0.25, -0.2) is 13.8 Å². The summed E-state index contributed by atoms with van der Waals surface area (Å²) in [5.41, 5.74) is -0.279. The maximum absolute atomic E-state index is 13.8. The highest BCUT2D eigenvalue weighted by molar-refractivity contribution is 8.01. The number of carbonyl (C=O) groups is 1. The number of hydrogen-bond acceptors (Lipinski definition) is 7. The van der Waals surface area contributed by atoms with Crippen molar-refractivity contribution in [2.24, 2.45) is 0 Å². The van der Waals surface area contributed by atoms with Crippen molar-refractivity contribution < 1.29 is 18.0 Å². The molecular formula is C17H14F2N4O2S2. The van der Waals surface area contributed by atoms with Crippen molar-refractivity contribution in [3.63, 3.8) is 0 Å². The minimum absolute atomic E-state index is 0.0194. The number of nitrogens with zero attached hydrogens (tertiary/aromatic N) is 3. The first-order valence-corrected chi connectivity index (χ1v) is 9.63. The van der Waals surface area contributed by atoms with Crippen molar-refractivity contribution in [1.29, 1.82) is 0 Å². The molecule has 0 saturated carbocycles. The molecule has 6 nitrogen and oxygen atoms in total. The van der Waals surface area contributed by atoms with E-state index in [9.17, 15) is 13.6 Å². The molecule has 0 aliphatic rings. The lowest BCUT2D eigenvalue weighted by atomic mass is 10.1. The summed E-state index contributed by atoms with van der Waals surface area (Å²) >= 11 is 2.74. The predicted molar refractivity (Wildman–Crippen MR) is 99.6 cm³/mol. The van der Waals surface area contributed by atoms with Gasteiger partial charge in [0.05, 0.1) is 11.8 Å². The first-order chi connectivity index (χ1) is 13.1. The summed E-state index contributed by atoms with van der Waals surface area (Å²) in [5, 5.41) is 10.9. The number of amides is 1. The topological polar surface area (TPSA) is 80.9 Å². The van der Waals surface area contributed by atoms with Crippen LogP contribution in [0, 0.1) is 11.6 Å². The van der Waals surface area contributed by atoms with E-state index in [4.69, 9.17) is 4.42 Å². The van der Waals surface area contributed by atoms with Crippen LogP contribution >= 0.6 is 23.1 Å². The Bertz CT molecular complexity index is 938. The van der Waals surface area contributed by atoms with Gasteiger partial charge in [-0.1, -0.05) is 35.2 Å². The van der Waals surface area contributed by atoms with Crippen molar-refractivity contribution in [2.75, 3.05) is 11.1 Å². The molecule has 0 atom stereocenters. The molecule has 3 aromatic rings. The van der Waals surface area contributed by atoms with Crippen molar-refractivity contribution >= 4 is 34.1 Å². The minimum atomic E-state index is -0.739. The summed E-state index contributed by atoms with van der Waals surface area (Å²) in [6, 6.07) is 3.54. The number of halogens is 2. The molecule has 0 aliphatic heterocycles. The number of aryl methyl sites for hydroxylation is 1. The fourth-order valence-corrected chi connectivity index (χ4v) is 3.65. The number of thioether (sulfide) groups is 1. The van der Waals surface area contributed by atoms with Gasteiger partial charge in [0.1, 0.15) is 11.6 Å². The summed E-state index contributed by atoms with van der Waals surface area (Å²) in [4.78, 5) is 16.0. The van der Waals surface area contributed by atoms with Crippen LogP contribution in [-0.2, 0) is 11.2 Å². The number of rotatable bonds is 8. The maximum Gasteiger partial charge on any atom is 0.226 e. The Kier molecular flexibility index (Phi) is 6.30. The zero-order valence-corrected chi connectivity index (χ0v) is 15.6. The molecule has 27 heavy (non-hydrogen) atoms. The van der Waals surface area contributed by atoms with Gasteiger partial charge in [0.25, 0.3) is 0 Å². The monoisotopic (exact) mass is 408 g/mol. The van der Waals surface area contributed by atoms with Crippen LogP contribution in [0.2, 0.25) is 0 Å². The van der Waals surface area contributed by atoms with E-state index < -0.39 is 11.6 Å².